The molecule has 0 aromatic rings. The molecular formula is C52H98N4O13. The summed E-state index contributed by atoms with van der Waals surface area (Å²) in [6, 6.07) is -0.907. The second kappa shape index (κ2) is 39.1. The van der Waals surface area contributed by atoms with Crippen LogP contribution in [0.4, 0.5) is 0 Å². The number of unbranched alkanes of at least 4 members (excludes halogenated alkanes) is 18. The number of rotatable bonds is 41. The van der Waals surface area contributed by atoms with Gasteiger partial charge in [0.05, 0.1) is 18.8 Å². The smallest absolute Gasteiger partial charge is 0.242 e. The highest BCUT2D eigenvalue weighted by Crippen LogP contribution is 2.35. The Morgan fingerprint density at radius 3 is 1.45 bits per heavy atom. The Kier molecular flexibility index (Phi) is 35.5. The summed E-state index contributed by atoms with van der Waals surface area (Å²) < 4.78 is 53.7. The van der Waals surface area contributed by atoms with Gasteiger partial charge >= 0.3 is 0 Å². The van der Waals surface area contributed by atoms with E-state index >= 15 is 0 Å². The zero-order valence-electron chi connectivity index (χ0n) is 44.5. The average Bonchev–Trinajstić information content (AvgIpc) is 3.35. The number of amides is 4. The molecule has 0 bridgehead atoms. The van der Waals surface area contributed by atoms with E-state index in [1.165, 1.54) is 104 Å². The maximum atomic E-state index is 13.4. The van der Waals surface area contributed by atoms with E-state index in [1.54, 1.807) is 28.4 Å². The molecule has 2 fully saturated rings. The molecule has 0 aliphatic carbocycles. The molecular weight excluding hydrogens is 889 g/mol. The Morgan fingerprint density at radius 2 is 0.942 bits per heavy atom. The molecule has 2 saturated heterocycles. The summed E-state index contributed by atoms with van der Waals surface area (Å²) in [5.74, 6) is -1.54. The van der Waals surface area contributed by atoms with E-state index in [1.807, 2.05) is 6.92 Å². The van der Waals surface area contributed by atoms with Gasteiger partial charge in [0.2, 0.25) is 23.6 Å². The minimum absolute atomic E-state index is 0.0960. The molecule has 2 rings (SSSR count). The maximum absolute atomic E-state index is 13.4. The van der Waals surface area contributed by atoms with Gasteiger partial charge in [-0.1, -0.05) is 136 Å². The van der Waals surface area contributed by atoms with E-state index in [-0.39, 0.29) is 62.5 Å². The van der Waals surface area contributed by atoms with Crippen LogP contribution in [0.3, 0.4) is 0 Å². The van der Waals surface area contributed by atoms with Gasteiger partial charge in [0.25, 0.3) is 0 Å². The van der Waals surface area contributed by atoms with Crippen molar-refractivity contribution in [3.63, 3.8) is 0 Å². The molecule has 0 saturated carbocycles. The molecule has 0 radical (unpaired) electrons. The van der Waals surface area contributed by atoms with E-state index in [2.05, 4.69) is 35.1 Å². The summed E-state index contributed by atoms with van der Waals surface area (Å²) in [5, 5.41) is 11.7. The van der Waals surface area contributed by atoms with Crippen LogP contribution < -0.4 is 21.3 Å². The van der Waals surface area contributed by atoms with Crippen LogP contribution in [0, 0.1) is 5.92 Å². The average molecular weight is 987 g/mol. The third kappa shape index (κ3) is 24.7. The van der Waals surface area contributed by atoms with Gasteiger partial charge in [-0.2, -0.15) is 0 Å². The van der Waals surface area contributed by atoms with Crippen molar-refractivity contribution in [1.29, 1.82) is 0 Å². The van der Waals surface area contributed by atoms with Crippen LogP contribution in [0.2, 0.25) is 0 Å². The number of carbonyl (C=O) groups is 4. The van der Waals surface area contributed by atoms with Crippen LogP contribution in [-0.4, -0.2) is 154 Å². The zero-order valence-corrected chi connectivity index (χ0v) is 44.5. The Bertz CT molecular complexity index is 1350. The third-order valence-electron chi connectivity index (χ3n) is 13.6. The highest BCUT2D eigenvalue weighted by Gasteiger charge is 2.52. The topological polar surface area (TPSA) is 199 Å². The van der Waals surface area contributed by atoms with Crippen molar-refractivity contribution < 1.29 is 61.8 Å². The number of hydrogen-bond donors (Lipinski definition) is 4. The van der Waals surface area contributed by atoms with Crippen molar-refractivity contribution >= 4 is 23.6 Å². The standard InChI is InChI=1S/C52H98N4O13/c1-10-12-14-16-18-20-22-24-26-28-34-53-42(57)31-30-39(50(60)54-35-29-27-25-23-21-19-17-15-13-11-2)56-44(59)33-32-43(58)55-36-40-38(3)45(62-5)48(64-7)52(67-40)69-46-41(37-61-4)68-51(66-9)49(65-8)47(46)63-6/h38-41,45-49,51-52H,10-37H2,1-9H3,(H,53,57)(H,54,60)(H,55,58)(H,56,59)/t38-,39-,40?,41?,45-,46-,47-,48?,49?,51+,52-/m0/s1. The van der Waals surface area contributed by atoms with E-state index in [9.17, 15) is 19.2 Å². The highest BCUT2D eigenvalue weighted by atomic mass is 16.8. The first-order valence-corrected chi connectivity index (χ1v) is 26.7. The molecule has 2 heterocycles. The summed E-state index contributed by atoms with van der Waals surface area (Å²) >= 11 is 0. The normalized spacial score (nSPS) is 25.2. The first kappa shape index (κ1) is 62.6. The van der Waals surface area contributed by atoms with Crippen molar-refractivity contribution in [2.45, 2.75) is 236 Å². The van der Waals surface area contributed by atoms with Crippen LogP contribution in [-0.2, 0) is 61.8 Å². The molecule has 4 amide bonds. The van der Waals surface area contributed by atoms with Gasteiger partial charge in [0, 0.05) is 87.5 Å². The van der Waals surface area contributed by atoms with Crippen LogP contribution in [0.25, 0.3) is 0 Å². The SMILES string of the molecule is CCCCCCCCCCCCNC(=O)CC[C@H](NC(=O)CCC(=O)NCC1O[C@@H](O[C@H]2C(COC)O[C@@H](OC)C(OC)[C@H]2OC)C(OC)[C@@H](OC)[C@H]1C)C(=O)NCCCCCCCCCCCC. The lowest BCUT2D eigenvalue weighted by Crippen LogP contribution is -2.65. The highest BCUT2D eigenvalue weighted by molar-refractivity contribution is 5.89. The molecule has 69 heavy (non-hydrogen) atoms. The lowest BCUT2D eigenvalue weighted by molar-refractivity contribution is -0.358. The summed E-state index contributed by atoms with van der Waals surface area (Å²) in [6.07, 6.45) is 17.9. The Morgan fingerprint density at radius 1 is 0.478 bits per heavy atom. The monoisotopic (exact) mass is 987 g/mol. The summed E-state index contributed by atoms with van der Waals surface area (Å²) in [7, 11) is 9.31. The molecule has 0 aromatic heterocycles. The van der Waals surface area contributed by atoms with Gasteiger partial charge in [0.15, 0.2) is 12.6 Å². The first-order chi connectivity index (χ1) is 33.5. The van der Waals surface area contributed by atoms with E-state index in [0.29, 0.717) is 13.1 Å². The maximum Gasteiger partial charge on any atom is 0.242 e. The quantitative estimate of drug-likeness (QED) is 0.0455. The molecule has 4 unspecified atom stereocenters. The predicted octanol–water partition coefficient (Wildman–Crippen LogP) is 7.05. The fourth-order valence-corrected chi connectivity index (χ4v) is 9.40. The van der Waals surface area contributed by atoms with Gasteiger partial charge in [-0.05, 0) is 19.3 Å². The molecule has 2 aliphatic heterocycles. The predicted molar refractivity (Wildman–Crippen MR) is 267 cm³/mol. The van der Waals surface area contributed by atoms with Crippen molar-refractivity contribution in [2.75, 3.05) is 68.9 Å². The van der Waals surface area contributed by atoms with Gasteiger partial charge < -0.3 is 63.9 Å². The van der Waals surface area contributed by atoms with Crippen molar-refractivity contribution in [1.82, 2.24) is 21.3 Å². The van der Waals surface area contributed by atoms with E-state index < -0.39 is 67.3 Å². The summed E-state index contributed by atoms with van der Waals surface area (Å²) in [6.45, 7) is 7.76. The fraction of sp³-hybridized carbons (Fsp3) is 0.923. The number of hydrogen-bond acceptors (Lipinski definition) is 13. The minimum Gasteiger partial charge on any atom is -0.382 e. The van der Waals surface area contributed by atoms with Gasteiger partial charge in [-0.25, -0.2) is 0 Å². The van der Waals surface area contributed by atoms with Crippen molar-refractivity contribution in [3.05, 3.63) is 0 Å². The lowest BCUT2D eigenvalue weighted by Gasteiger charge is -2.49. The number of ether oxygens (including phenoxy) is 9. The lowest BCUT2D eigenvalue weighted by atomic mass is 9.89. The Labute approximate surface area is 416 Å². The van der Waals surface area contributed by atoms with Crippen LogP contribution in [0.5, 0.6) is 0 Å². The first-order valence-electron chi connectivity index (χ1n) is 26.7. The molecule has 404 valence electrons. The van der Waals surface area contributed by atoms with Gasteiger partial charge in [-0.15, -0.1) is 0 Å². The van der Waals surface area contributed by atoms with Crippen molar-refractivity contribution in [2.24, 2.45) is 5.92 Å². The second-order valence-corrected chi connectivity index (χ2v) is 19.0. The number of carbonyl (C=O) groups excluding carboxylic acids is 4. The summed E-state index contributed by atoms with van der Waals surface area (Å²) in [5.41, 5.74) is 0. The zero-order chi connectivity index (χ0) is 50.7. The molecule has 2 aliphatic rings. The molecule has 4 N–H and O–H groups in total. The largest absolute Gasteiger partial charge is 0.382 e. The molecule has 0 spiro atoms. The van der Waals surface area contributed by atoms with E-state index in [0.717, 1.165) is 38.5 Å². The van der Waals surface area contributed by atoms with Crippen LogP contribution >= 0.6 is 0 Å². The van der Waals surface area contributed by atoms with Crippen molar-refractivity contribution in [3.8, 4) is 0 Å². The molecule has 17 heteroatoms. The van der Waals surface area contributed by atoms with Gasteiger partial charge in [-0.3, -0.25) is 19.2 Å². The number of methoxy groups -OCH3 is 6. The Hall–Kier alpha value is -2.48. The minimum atomic E-state index is -0.971. The Balaban J connectivity index is 1.96. The molecule has 11 atom stereocenters. The van der Waals surface area contributed by atoms with E-state index in [4.69, 9.17) is 42.6 Å². The fourth-order valence-electron chi connectivity index (χ4n) is 9.40. The molecule has 17 nitrogen and oxygen atoms in total. The van der Waals surface area contributed by atoms with Crippen LogP contribution in [0.15, 0.2) is 0 Å². The summed E-state index contributed by atoms with van der Waals surface area (Å²) in [4.78, 5) is 52.9. The molecule has 0 aromatic carbocycles. The second-order valence-electron chi connectivity index (χ2n) is 19.0. The third-order valence-corrected chi connectivity index (χ3v) is 13.6. The van der Waals surface area contributed by atoms with Gasteiger partial charge in [0.1, 0.15) is 36.6 Å². The number of nitrogens with one attached hydrogen (secondary N) is 4. The van der Waals surface area contributed by atoms with Crippen LogP contribution in [0.1, 0.15) is 175 Å².